The van der Waals surface area contributed by atoms with Gasteiger partial charge in [-0.05, 0) is 17.7 Å². The van der Waals surface area contributed by atoms with Gasteiger partial charge in [0.25, 0.3) is 0 Å². The fourth-order valence-corrected chi connectivity index (χ4v) is 1.43. The number of benzene rings is 1. The van der Waals surface area contributed by atoms with Crippen LogP contribution in [0.5, 0.6) is 0 Å². The molecule has 0 saturated carbocycles. The molecule has 0 radical (unpaired) electrons. The Labute approximate surface area is 87.6 Å². The van der Waals surface area contributed by atoms with Gasteiger partial charge in [-0.3, -0.25) is 4.98 Å². The minimum atomic E-state index is -0.265. The molecule has 0 unspecified atom stereocenters. The average Bonchev–Trinajstić information content (AvgIpc) is 2.30. The van der Waals surface area contributed by atoms with Crippen LogP contribution >= 0.6 is 0 Å². The van der Waals surface area contributed by atoms with Crippen molar-refractivity contribution in [2.75, 3.05) is 0 Å². The first-order valence-electron chi connectivity index (χ1n) is 4.70. The summed E-state index contributed by atoms with van der Waals surface area (Å²) in [7, 11) is 0. The van der Waals surface area contributed by atoms with Crippen LogP contribution in [-0.4, -0.2) is 4.98 Å². The molecule has 0 saturated heterocycles. The molecular formula is C12H11FN2. The molecule has 2 N–H and O–H groups in total. The number of hydrogen-bond acceptors (Lipinski definition) is 2. The normalized spacial score (nSPS) is 10.3. The molecule has 0 aliphatic rings. The molecule has 0 atom stereocenters. The topological polar surface area (TPSA) is 38.9 Å². The first-order chi connectivity index (χ1) is 7.31. The van der Waals surface area contributed by atoms with E-state index in [0.29, 0.717) is 5.56 Å². The SMILES string of the molecule is NCc1ccc(-c2cccnc2)cc1F. The van der Waals surface area contributed by atoms with Gasteiger partial charge in [0, 0.05) is 30.1 Å². The average molecular weight is 202 g/mol. The highest BCUT2D eigenvalue weighted by Gasteiger charge is 2.03. The summed E-state index contributed by atoms with van der Waals surface area (Å²) in [4.78, 5) is 3.99. The monoisotopic (exact) mass is 202 g/mol. The van der Waals surface area contributed by atoms with Gasteiger partial charge in [0.2, 0.25) is 0 Å². The van der Waals surface area contributed by atoms with Crippen LogP contribution in [0.3, 0.4) is 0 Å². The fourth-order valence-electron chi connectivity index (χ4n) is 1.43. The van der Waals surface area contributed by atoms with E-state index < -0.39 is 0 Å². The lowest BCUT2D eigenvalue weighted by Gasteiger charge is -2.04. The van der Waals surface area contributed by atoms with E-state index in [9.17, 15) is 4.39 Å². The first-order valence-corrected chi connectivity index (χ1v) is 4.70. The lowest BCUT2D eigenvalue weighted by atomic mass is 10.1. The molecule has 0 spiro atoms. The number of hydrogen-bond donors (Lipinski definition) is 1. The van der Waals surface area contributed by atoms with E-state index in [0.717, 1.165) is 11.1 Å². The second kappa shape index (κ2) is 4.19. The smallest absolute Gasteiger partial charge is 0.128 e. The Morgan fingerprint density at radius 1 is 1.20 bits per heavy atom. The Morgan fingerprint density at radius 3 is 2.67 bits per heavy atom. The summed E-state index contributed by atoms with van der Waals surface area (Å²) in [6, 6.07) is 8.76. The van der Waals surface area contributed by atoms with Crippen molar-refractivity contribution in [2.24, 2.45) is 5.73 Å². The highest BCUT2D eigenvalue weighted by Crippen LogP contribution is 2.20. The summed E-state index contributed by atoms with van der Waals surface area (Å²) in [6.45, 7) is 0.221. The van der Waals surface area contributed by atoms with Crippen LogP contribution < -0.4 is 5.73 Å². The Kier molecular flexibility index (Phi) is 2.74. The van der Waals surface area contributed by atoms with E-state index in [2.05, 4.69) is 4.98 Å². The van der Waals surface area contributed by atoms with Crippen LogP contribution in [0, 0.1) is 5.82 Å². The molecule has 2 rings (SSSR count). The van der Waals surface area contributed by atoms with Crippen molar-refractivity contribution < 1.29 is 4.39 Å². The Bertz CT molecular complexity index is 454. The number of nitrogens with two attached hydrogens (primary N) is 1. The highest BCUT2D eigenvalue weighted by molar-refractivity contribution is 5.62. The Morgan fingerprint density at radius 2 is 2.07 bits per heavy atom. The van der Waals surface area contributed by atoms with Crippen molar-refractivity contribution in [1.29, 1.82) is 0 Å². The number of aromatic nitrogens is 1. The Balaban J connectivity index is 2.43. The van der Waals surface area contributed by atoms with Gasteiger partial charge in [-0.1, -0.05) is 18.2 Å². The van der Waals surface area contributed by atoms with Gasteiger partial charge in [0.1, 0.15) is 5.82 Å². The summed E-state index contributed by atoms with van der Waals surface area (Å²) < 4.78 is 13.4. The second-order valence-electron chi connectivity index (χ2n) is 3.25. The largest absolute Gasteiger partial charge is 0.326 e. The molecule has 1 heterocycles. The highest BCUT2D eigenvalue weighted by atomic mass is 19.1. The van der Waals surface area contributed by atoms with E-state index in [4.69, 9.17) is 5.73 Å². The second-order valence-corrected chi connectivity index (χ2v) is 3.25. The lowest BCUT2D eigenvalue weighted by molar-refractivity contribution is 0.611. The van der Waals surface area contributed by atoms with E-state index in [1.807, 2.05) is 18.2 Å². The molecule has 2 aromatic rings. The molecule has 3 heteroatoms. The maximum atomic E-state index is 13.4. The number of nitrogens with zero attached hydrogens (tertiary/aromatic N) is 1. The maximum Gasteiger partial charge on any atom is 0.128 e. The molecule has 0 bridgehead atoms. The van der Waals surface area contributed by atoms with E-state index >= 15 is 0 Å². The van der Waals surface area contributed by atoms with E-state index in [1.54, 1.807) is 18.5 Å². The number of rotatable bonds is 2. The molecule has 76 valence electrons. The predicted molar refractivity (Wildman–Crippen MR) is 57.5 cm³/mol. The van der Waals surface area contributed by atoms with Crippen molar-refractivity contribution in [3.8, 4) is 11.1 Å². The summed E-state index contributed by atoms with van der Waals surface area (Å²) >= 11 is 0. The standard InChI is InChI=1S/C12H11FN2/c13-12-6-9(3-4-10(12)7-14)11-2-1-5-15-8-11/h1-6,8H,7,14H2. The van der Waals surface area contributed by atoms with E-state index in [-0.39, 0.29) is 12.4 Å². The van der Waals surface area contributed by atoms with Gasteiger partial charge >= 0.3 is 0 Å². The van der Waals surface area contributed by atoms with Crippen LogP contribution in [-0.2, 0) is 6.54 Å². The van der Waals surface area contributed by atoms with Crippen molar-refractivity contribution in [2.45, 2.75) is 6.54 Å². The maximum absolute atomic E-state index is 13.4. The molecule has 2 nitrogen and oxygen atoms in total. The summed E-state index contributed by atoms with van der Waals surface area (Å²) in [5, 5.41) is 0. The Hall–Kier alpha value is -1.74. The molecule has 0 aliphatic heterocycles. The third kappa shape index (κ3) is 2.02. The van der Waals surface area contributed by atoms with Crippen LogP contribution in [0.4, 0.5) is 4.39 Å². The van der Waals surface area contributed by atoms with Crippen molar-refractivity contribution in [3.05, 3.63) is 54.1 Å². The fraction of sp³-hybridized carbons (Fsp3) is 0.0833. The minimum Gasteiger partial charge on any atom is -0.326 e. The predicted octanol–water partition coefficient (Wildman–Crippen LogP) is 2.35. The molecule has 1 aromatic heterocycles. The molecule has 0 amide bonds. The van der Waals surface area contributed by atoms with E-state index in [1.165, 1.54) is 6.07 Å². The summed E-state index contributed by atoms with van der Waals surface area (Å²) in [5.74, 6) is -0.265. The van der Waals surface area contributed by atoms with Gasteiger partial charge < -0.3 is 5.73 Å². The lowest BCUT2D eigenvalue weighted by Crippen LogP contribution is -1.99. The molecule has 0 aliphatic carbocycles. The first kappa shape index (κ1) is 9.80. The van der Waals surface area contributed by atoms with Crippen LogP contribution in [0.15, 0.2) is 42.7 Å². The third-order valence-electron chi connectivity index (χ3n) is 2.27. The molecular weight excluding hydrogens is 191 g/mol. The van der Waals surface area contributed by atoms with Crippen LogP contribution in [0.2, 0.25) is 0 Å². The minimum absolute atomic E-state index is 0.221. The number of pyridine rings is 1. The number of halogens is 1. The molecule has 15 heavy (non-hydrogen) atoms. The van der Waals surface area contributed by atoms with Crippen molar-refractivity contribution >= 4 is 0 Å². The van der Waals surface area contributed by atoms with Gasteiger partial charge in [-0.15, -0.1) is 0 Å². The zero-order valence-corrected chi connectivity index (χ0v) is 8.15. The quantitative estimate of drug-likeness (QED) is 0.811. The van der Waals surface area contributed by atoms with Crippen LogP contribution in [0.25, 0.3) is 11.1 Å². The van der Waals surface area contributed by atoms with Gasteiger partial charge in [-0.2, -0.15) is 0 Å². The summed E-state index contributed by atoms with van der Waals surface area (Å²) in [6.07, 6.45) is 3.39. The van der Waals surface area contributed by atoms with Gasteiger partial charge in [0.15, 0.2) is 0 Å². The van der Waals surface area contributed by atoms with Crippen molar-refractivity contribution in [3.63, 3.8) is 0 Å². The molecule has 0 fully saturated rings. The van der Waals surface area contributed by atoms with Gasteiger partial charge in [-0.25, -0.2) is 4.39 Å². The zero-order chi connectivity index (χ0) is 10.7. The van der Waals surface area contributed by atoms with Crippen LogP contribution in [0.1, 0.15) is 5.56 Å². The van der Waals surface area contributed by atoms with Crippen molar-refractivity contribution in [1.82, 2.24) is 4.98 Å². The summed E-state index contributed by atoms with van der Waals surface area (Å²) in [5.41, 5.74) is 7.64. The van der Waals surface area contributed by atoms with Gasteiger partial charge in [0.05, 0.1) is 0 Å². The third-order valence-corrected chi connectivity index (χ3v) is 2.27. The molecule has 1 aromatic carbocycles. The zero-order valence-electron chi connectivity index (χ0n) is 8.15.